The third-order valence-electron chi connectivity index (χ3n) is 5.23. The Morgan fingerprint density at radius 3 is 1.97 bits per heavy atom. The van der Waals surface area contributed by atoms with Gasteiger partial charge in [0.1, 0.15) is 12.4 Å². The lowest BCUT2D eigenvalue weighted by molar-refractivity contribution is -0.130. The highest BCUT2D eigenvalue weighted by Gasteiger charge is 2.28. The molecule has 2 aromatic carbocycles. The van der Waals surface area contributed by atoms with Crippen molar-refractivity contribution in [3.8, 4) is 5.75 Å². The molecule has 2 rings (SSSR count). The van der Waals surface area contributed by atoms with E-state index in [0.29, 0.717) is 28.4 Å². The van der Waals surface area contributed by atoms with E-state index < -0.39 is 5.41 Å². The molecule has 0 spiro atoms. The van der Waals surface area contributed by atoms with E-state index in [2.05, 4.69) is 24.1 Å². The standard InChI is InChI=1S/C26H35ClN2O3/c1-5-16-29(17-6-2)18-15-28-25(31)26(3,4)19-32-23-13-9-21(10-14-23)24(30)20-7-11-22(27)12-8-20/h7-14H,5-6,15-19H2,1-4H3,(H,28,31). The molecule has 0 aromatic heterocycles. The summed E-state index contributed by atoms with van der Waals surface area (Å²) in [6.07, 6.45) is 2.22. The minimum Gasteiger partial charge on any atom is -0.492 e. The van der Waals surface area contributed by atoms with Crippen molar-refractivity contribution in [2.75, 3.05) is 32.8 Å². The molecule has 0 atom stereocenters. The lowest BCUT2D eigenvalue weighted by Gasteiger charge is -2.25. The number of hydrogen-bond donors (Lipinski definition) is 1. The number of nitrogens with zero attached hydrogens (tertiary/aromatic N) is 1. The zero-order valence-corrected chi connectivity index (χ0v) is 20.4. The van der Waals surface area contributed by atoms with Gasteiger partial charge in [-0.15, -0.1) is 0 Å². The molecule has 0 saturated carbocycles. The van der Waals surface area contributed by atoms with Gasteiger partial charge in [0.25, 0.3) is 0 Å². The molecule has 1 amide bonds. The van der Waals surface area contributed by atoms with Gasteiger partial charge in [0.05, 0.1) is 5.41 Å². The topological polar surface area (TPSA) is 58.6 Å². The maximum atomic E-state index is 12.6. The van der Waals surface area contributed by atoms with Crippen molar-refractivity contribution in [2.24, 2.45) is 5.41 Å². The van der Waals surface area contributed by atoms with Crippen molar-refractivity contribution in [1.82, 2.24) is 10.2 Å². The molecule has 2 aromatic rings. The highest BCUT2D eigenvalue weighted by atomic mass is 35.5. The number of nitrogens with one attached hydrogen (secondary N) is 1. The van der Waals surface area contributed by atoms with E-state index in [1.54, 1.807) is 48.5 Å². The number of amides is 1. The van der Waals surface area contributed by atoms with Crippen LogP contribution in [0.1, 0.15) is 56.5 Å². The number of carbonyl (C=O) groups excluding carboxylic acids is 2. The molecule has 1 N–H and O–H groups in total. The lowest BCUT2D eigenvalue weighted by atomic mass is 9.93. The smallest absolute Gasteiger partial charge is 0.229 e. The molecule has 0 bridgehead atoms. The molecule has 0 aliphatic carbocycles. The fraction of sp³-hybridized carbons (Fsp3) is 0.462. The van der Waals surface area contributed by atoms with Crippen molar-refractivity contribution in [2.45, 2.75) is 40.5 Å². The quantitative estimate of drug-likeness (QED) is 0.418. The van der Waals surface area contributed by atoms with Crippen LogP contribution in [0.3, 0.4) is 0 Å². The second-order valence-electron chi connectivity index (χ2n) is 8.63. The van der Waals surface area contributed by atoms with Gasteiger partial charge >= 0.3 is 0 Å². The fourth-order valence-electron chi connectivity index (χ4n) is 3.33. The van der Waals surface area contributed by atoms with Crippen LogP contribution in [-0.4, -0.2) is 49.4 Å². The van der Waals surface area contributed by atoms with E-state index in [9.17, 15) is 9.59 Å². The Labute approximate surface area is 197 Å². The molecular formula is C26H35ClN2O3. The van der Waals surface area contributed by atoms with Gasteiger partial charge in [-0.1, -0.05) is 25.4 Å². The van der Waals surface area contributed by atoms with Crippen molar-refractivity contribution in [1.29, 1.82) is 0 Å². The lowest BCUT2D eigenvalue weighted by Crippen LogP contribution is -2.44. The van der Waals surface area contributed by atoms with Crippen molar-refractivity contribution in [3.05, 3.63) is 64.7 Å². The van der Waals surface area contributed by atoms with Crippen LogP contribution >= 0.6 is 11.6 Å². The second kappa shape index (κ2) is 12.6. The number of ketones is 1. The number of ether oxygens (including phenoxy) is 1. The summed E-state index contributed by atoms with van der Waals surface area (Å²) < 4.78 is 5.85. The summed E-state index contributed by atoms with van der Waals surface area (Å²) in [7, 11) is 0. The van der Waals surface area contributed by atoms with Gasteiger partial charge in [0, 0.05) is 29.2 Å². The molecule has 0 radical (unpaired) electrons. The predicted octanol–water partition coefficient (Wildman–Crippen LogP) is 5.21. The third-order valence-corrected chi connectivity index (χ3v) is 5.48. The van der Waals surface area contributed by atoms with E-state index in [0.717, 1.165) is 32.5 Å². The zero-order valence-electron chi connectivity index (χ0n) is 19.6. The zero-order chi connectivity index (χ0) is 23.6. The molecular weight excluding hydrogens is 424 g/mol. The number of carbonyl (C=O) groups is 2. The van der Waals surface area contributed by atoms with Gasteiger partial charge in [0.15, 0.2) is 5.78 Å². The van der Waals surface area contributed by atoms with E-state index in [4.69, 9.17) is 16.3 Å². The number of hydrogen-bond acceptors (Lipinski definition) is 4. The minimum absolute atomic E-state index is 0.0278. The number of rotatable bonds is 13. The van der Waals surface area contributed by atoms with Crippen LogP contribution in [0.5, 0.6) is 5.75 Å². The molecule has 0 heterocycles. The predicted molar refractivity (Wildman–Crippen MR) is 131 cm³/mol. The Hall–Kier alpha value is -2.37. The Bertz CT molecular complexity index is 858. The first-order valence-corrected chi connectivity index (χ1v) is 11.7. The van der Waals surface area contributed by atoms with Crippen molar-refractivity contribution < 1.29 is 14.3 Å². The molecule has 0 fully saturated rings. The van der Waals surface area contributed by atoms with Crippen LogP contribution in [0.15, 0.2) is 48.5 Å². The third kappa shape index (κ3) is 7.95. The average molecular weight is 459 g/mol. The summed E-state index contributed by atoms with van der Waals surface area (Å²) >= 11 is 5.89. The molecule has 0 unspecified atom stereocenters. The Morgan fingerprint density at radius 2 is 1.44 bits per heavy atom. The van der Waals surface area contributed by atoms with E-state index in [1.807, 2.05) is 13.8 Å². The van der Waals surface area contributed by atoms with Gasteiger partial charge in [-0.05, 0) is 88.3 Å². The van der Waals surface area contributed by atoms with Gasteiger partial charge < -0.3 is 15.0 Å². The summed E-state index contributed by atoms with van der Waals surface area (Å²) in [5.41, 5.74) is 0.482. The average Bonchev–Trinajstić information content (AvgIpc) is 2.78. The van der Waals surface area contributed by atoms with Gasteiger partial charge in [-0.25, -0.2) is 0 Å². The maximum absolute atomic E-state index is 12.6. The summed E-state index contributed by atoms with van der Waals surface area (Å²) in [6.45, 7) is 11.9. The SMILES string of the molecule is CCCN(CCC)CCNC(=O)C(C)(C)COc1ccc(C(=O)c2ccc(Cl)cc2)cc1. The number of benzene rings is 2. The number of halogens is 1. The minimum atomic E-state index is -0.669. The Kier molecular flexibility index (Phi) is 10.2. The normalized spacial score (nSPS) is 11.4. The summed E-state index contributed by atoms with van der Waals surface area (Å²) in [4.78, 5) is 27.6. The molecule has 5 nitrogen and oxygen atoms in total. The van der Waals surface area contributed by atoms with E-state index >= 15 is 0 Å². The van der Waals surface area contributed by atoms with Crippen LogP contribution in [0.25, 0.3) is 0 Å². The van der Waals surface area contributed by atoms with Gasteiger partial charge in [-0.2, -0.15) is 0 Å². The highest BCUT2D eigenvalue weighted by molar-refractivity contribution is 6.30. The molecule has 0 saturated heterocycles. The van der Waals surface area contributed by atoms with Crippen molar-refractivity contribution in [3.63, 3.8) is 0 Å². The van der Waals surface area contributed by atoms with E-state index in [1.165, 1.54) is 0 Å². The molecule has 174 valence electrons. The summed E-state index contributed by atoms with van der Waals surface area (Å²) in [5.74, 6) is 0.517. The molecule has 32 heavy (non-hydrogen) atoms. The highest BCUT2D eigenvalue weighted by Crippen LogP contribution is 2.21. The fourth-order valence-corrected chi connectivity index (χ4v) is 3.46. The van der Waals surface area contributed by atoms with Gasteiger partial charge in [0.2, 0.25) is 5.91 Å². The maximum Gasteiger partial charge on any atom is 0.229 e. The summed E-state index contributed by atoms with van der Waals surface area (Å²) in [6, 6.07) is 13.8. The monoisotopic (exact) mass is 458 g/mol. The van der Waals surface area contributed by atoms with E-state index in [-0.39, 0.29) is 18.3 Å². The first kappa shape index (κ1) is 25.9. The van der Waals surface area contributed by atoms with Crippen LogP contribution in [-0.2, 0) is 4.79 Å². The molecule has 6 heteroatoms. The van der Waals surface area contributed by atoms with Crippen LogP contribution in [0, 0.1) is 5.41 Å². The first-order valence-electron chi connectivity index (χ1n) is 11.3. The van der Waals surface area contributed by atoms with Crippen LogP contribution in [0.2, 0.25) is 5.02 Å². The Morgan fingerprint density at radius 1 is 0.906 bits per heavy atom. The van der Waals surface area contributed by atoms with Crippen molar-refractivity contribution >= 4 is 23.3 Å². The largest absolute Gasteiger partial charge is 0.492 e. The molecule has 0 aliphatic heterocycles. The molecule has 0 aliphatic rings. The van der Waals surface area contributed by atoms with Crippen LogP contribution in [0.4, 0.5) is 0 Å². The second-order valence-corrected chi connectivity index (χ2v) is 9.07. The summed E-state index contributed by atoms with van der Waals surface area (Å²) in [5, 5.41) is 3.63. The first-order chi connectivity index (χ1) is 15.3. The van der Waals surface area contributed by atoms with Gasteiger partial charge in [-0.3, -0.25) is 9.59 Å². The van der Waals surface area contributed by atoms with Crippen LogP contribution < -0.4 is 10.1 Å². The Balaban J connectivity index is 1.85.